The fourth-order valence-corrected chi connectivity index (χ4v) is 1.80. The van der Waals surface area contributed by atoms with E-state index in [9.17, 15) is 4.79 Å². The third-order valence-electron chi connectivity index (χ3n) is 1.45. The van der Waals surface area contributed by atoms with E-state index in [2.05, 4.69) is 15.9 Å². The first-order valence-corrected chi connectivity index (χ1v) is 6.07. The summed E-state index contributed by atoms with van der Waals surface area (Å²) < 4.78 is 8.58. The molecule has 0 saturated carbocycles. The lowest BCUT2D eigenvalue weighted by atomic mass is 10.4. The summed E-state index contributed by atoms with van der Waals surface area (Å²) in [6, 6.07) is 7.20. The Morgan fingerprint density at radius 1 is 1.42 bits per heavy atom. The van der Waals surface area contributed by atoms with Crippen molar-refractivity contribution < 1.29 is 4.79 Å². The highest BCUT2D eigenvalue weighted by atomic mass is 79.9. The van der Waals surface area contributed by atoms with Crippen molar-refractivity contribution in [2.75, 3.05) is 6.26 Å². The van der Waals surface area contributed by atoms with Gasteiger partial charge in [-0.05, 0) is 33.7 Å². The number of benzene rings is 1. The zero-order valence-corrected chi connectivity index (χ0v) is 8.91. The molecular weight excluding hydrogens is 238 g/mol. The summed E-state index contributed by atoms with van der Waals surface area (Å²) in [5.41, 5.74) is 0. The molecule has 1 N–H and O–H groups in total. The molecule has 0 heterocycles. The first-order valence-electron chi connectivity index (χ1n) is 3.24. The molecule has 0 radical (unpaired) electrons. The molecule has 0 aliphatic heterocycles. The second-order valence-electron chi connectivity index (χ2n) is 2.46. The smallest absolute Gasteiger partial charge is 0.170 e. The monoisotopic (exact) mass is 245 g/mol. The number of carbonyl (C=O) groups excluding carboxylic acids is 1. The van der Waals surface area contributed by atoms with Crippen molar-refractivity contribution in [3.8, 4) is 0 Å². The predicted molar refractivity (Wildman–Crippen MR) is 54.1 cm³/mol. The van der Waals surface area contributed by atoms with Gasteiger partial charge < -0.3 is 0 Å². The van der Waals surface area contributed by atoms with Gasteiger partial charge in [0.1, 0.15) is 0 Å². The molecule has 0 spiro atoms. The SMILES string of the molecule is CS(=N)(=C=O)c1ccc(Br)cc1. The van der Waals surface area contributed by atoms with Gasteiger partial charge in [-0.1, -0.05) is 15.9 Å². The molecule has 1 atom stereocenters. The summed E-state index contributed by atoms with van der Waals surface area (Å²) >= 11 is 3.28. The number of rotatable bonds is 1. The molecule has 4 heteroatoms. The standard InChI is InChI=1S/C8H8BrNOS/c1-12(10,6-11)8-4-2-7(9)3-5-8/h2-5,10H,1H3. The zero-order chi connectivity index (χ0) is 9.19. The number of nitrogens with one attached hydrogen (secondary N) is 1. The van der Waals surface area contributed by atoms with Crippen LogP contribution in [0.1, 0.15) is 0 Å². The van der Waals surface area contributed by atoms with Crippen LogP contribution in [0.3, 0.4) is 0 Å². The molecule has 0 aliphatic carbocycles. The van der Waals surface area contributed by atoms with Gasteiger partial charge in [0, 0.05) is 15.6 Å². The maximum absolute atomic E-state index is 10.4. The summed E-state index contributed by atoms with van der Waals surface area (Å²) in [7, 11) is -2.09. The molecule has 12 heavy (non-hydrogen) atoms. The number of hydrogen-bond acceptors (Lipinski definition) is 2. The third-order valence-corrected chi connectivity index (χ3v) is 3.53. The number of halogens is 1. The van der Waals surface area contributed by atoms with Gasteiger partial charge in [-0.15, -0.1) is 0 Å². The fraction of sp³-hybridized carbons (Fsp3) is 0.125. The normalized spacial score (nSPS) is 14.8. The van der Waals surface area contributed by atoms with Crippen LogP contribution >= 0.6 is 15.9 Å². The van der Waals surface area contributed by atoms with Crippen LogP contribution in [0.15, 0.2) is 33.6 Å². The molecule has 0 aromatic heterocycles. The van der Waals surface area contributed by atoms with Crippen molar-refractivity contribution in [3.05, 3.63) is 28.7 Å². The van der Waals surface area contributed by atoms with Crippen LogP contribution in [-0.4, -0.2) is 11.5 Å². The average molecular weight is 246 g/mol. The minimum atomic E-state index is -2.09. The minimum absolute atomic E-state index is 0.737. The maximum Gasteiger partial charge on any atom is 0.170 e. The second-order valence-corrected chi connectivity index (χ2v) is 5.85. The van der Waals surface area contributed by atoms with E-state index in [0.29, 0.717) is 0 Å². The molecule has 1 aromatic rings. The molecule has 1 aromatic carbocycles. The van der Waals surface area contributed by atoms with Crippen molar-refractivity contribution in [2.45, 2.75) is 4.90 Å². The van der Waals surface area contributed by atoms with Gasteiger partial charge in [-0.25, -0.2) is 4.79 Å². The minimum Gasteiger partial charge on any atom is -0.272 e. The van der Waals surface area contributed by atoms with E-state index in [-0.39, 0.29) is 0 Å². The van der Waals surface area contributed by atoms with Crippen LogP contribution in [0.25, 0.3) is 0 Å². The molecule has 0 amide bonds. The van der Waals surface area contributed by atoms with Gasteiger partial charge >= 0.3 is 0 Å². The van der Waals surface area contributed by atoms with Crippen LogP contribution in [0.5, 0.6) is 0 Å². The highest BCUT2D eigenvalue weighted by molar-refractivity contribution is 9.10. The van der Waals surface area contributed by atoms with E-state index in [4.69, 9.17) is 4.78 Å². The third kappa shape index (κ3) is 1.97. The first-order chi connectivity index (χ1) is 5.56. The summed E-state index contributed by atoms with van der Waals surface area (Å²) in [5.74, 6) is 0. The Labute approximate surface area is 80.2 Å². The van der Waals surface area contributed by atoms with Gasteiger partial charge in [0.15, 0.2) is 5.23 Å². The lowest BCUT2D eigenvalue weighted by molar-refractivity contribution is 0.571. The second kappa shape index (κ2) is 3.44. The summed E-state index contributed by atoms with van der Waals surface area (Å²) in [6.07, 6.45) is 1.60. The van der Waals surface area contributed by atoms with Crippen molar-refractivity contribution >= 4 is 30.6 Å². The molecule has 0 bridgehead atoms. The van der Waals surface area contributed by atoms with Gasteiger partial charge in [0.05, 0.1) is 0 Å². The van der Waals surface area contributed by atoms with Crippen LogP contribution in [0, 0.1) is 4.78 Å². The zero-order valence-electron chi connectivity index (χ0n) is 6.50. The van der Waals surface area contributed by atoms with Crippen LogP contribution in [0.4, 0.5) is 0 Å². The molecule has 64 valence electrons. The Morgan fingerprint density at radius 3 is 2.33 bits per heavy atom. The van der Waals surface area contributed by atoms with Gasteiger partial charge in [-0.3, -0.25) is 4.78 Å². The van der Waals surface area contributed by atoms with Crippen LogP contribution < -0.4 is 0 Å². The Balaban J connectivity index is 3.33. The van der Waals surface area contributed by atoms with Crippen molar-refractivity contribution in [1.82, 2.24) is 0 Å². The summed E-state index contributed by atoms with van der Waals surface area (Å²) in [6.45, 7) is 0. The summed E-state index contributed by atoms with van der Waals surface area (Å²) in [5, 5.41) is 1.76. The molecule has 1 rings (SSSR count). The molecule has 1 unspecified atom stereocenters. The average Bonchev–Trinajstić information content (AvgIpc) is 2.05. The molecule has 0 fully saturated rings. The lowest BCUT2D eigenvalue weighted by Crippen LogP contribution is -1.94. The Bertz CT molecular complexity index is 411. The Kier molecular flexibility index (Phi) is 2.73. The predicted octanol–water partition coefficient (Wildman–Crippen LogP) is 2.42. The maximum atomic E-state index is 10.4. The van der Waals surface area contributed by atoms with Crippen molar-refractivity contribution in [1.29, 1.82) is 4.78 Å². The molecule has 0 saturated heterocycles. The van der Waals surface area contributed by atoms with E-state index in [1.807, 2.05) is 12.1 Å². The largest absolute Gasteiger partial charge is 0.272 e. The molecule has 2 nitrogen and oxygen atoms in total. The van der Waals surface area contributed by atoms with E-state index < -0.39 is 9.41 Å². The van der Waals surface area contributed by atoms with Gasteiger partial charge in [0.2, 0.25) is 0 Å². The van der Waals surface area contributed by atoms with Crippen LogP contribution in [0.2, 0.25) is 0 Å². The van der Waals surface area contributed by atoms with Gasteiger partial charge in [-0.2, -0.15) is 0 Å². The fourth-order valence-electron chi connectivity index (χ4n) is 0.755. The highest BCUT2D eigenvalue weighted by Crippen LogP contribution is 2.14. The van der Waals surface area contributed by atoms with E-state index in [1.165, 1.54) is 0 Å². The lowest BCUT2D eigenvalue weighted by Gasteiger charge is -2.02. The van der Waals surface area contributed by atoms with Crippen molar-refractivity contribution in [2.24, 2.45) is 0 Å². The quantitative estimate of drug-likeness (QED) is 0.759. The van der Waals surface area contributed by atoms with Crippen molar-refractivity contribution in [3.63, 3.8) is 0 Å². The number of hydrogen-bond donors (Lipinski definition) is 1. The topological polar surface area (TPSA) is 40.9 Å². The first kappa shape index (κ1) is 9.52. The Hall–Kier alpha value is -0.570. The Morgan fingerprint density at radius 2 is 1.92 bits per heavy atom. The van der Waals surface area contributed by atoms with E-state index >= 15 is 0 Å². The van der Waals surface area contributed by atoms with Crippen LogP contribution in [-0.2, 0) is 14.2 Å². The van der Waals surface area contributed by atoms with E-state index in [0.717, 1.165) is 9.37 Å². The molecule has 0 aliphatic rings. The van der Waals surface area contributed by atoms with Gasteiger partial charge in [0.25, 0.3) is 0 Å². The van der Waals surface area contributed by atoms with E-state index in [1.54, 1.807) is 23.6 Å². The summed E-state index contributed by atoms with van der Waals surface area (Å²) in [4.78, 5) is 11.2. The highest BCUT2D eigenvalue weighted by Gasteiger charge is 1.99. The molecular formula is C8H8BrNOS.